The zero-order valence-electron chi connectivity index (χ0n) is 15.7. The van der Waals surface area contributed by atoms with E-state index in [-0.39, 0.29) is 29.6 Å². The third kappa shape index (κ3) is 3.45. The fourth-order valence-corrected chi connectivity index (χ4v) is 4.33. The highest BCUT2D eigenvalue weighted by atomic mass is 32.2. The molecule has 6 nitrogen and oxygen atoms in total. The van der Waals surface area contributed by atoms with Crippen LogP contribution in [0.15, 0.2) is 11.0 Å². The molecule has 1 aromatic rings. The number of thioether (sulfide) groups is 1. The first-order valence-corrected chi connectivity index (χ1v) is 9.79. The molecular formula is C19H25N3O3S. The predicted octanol–water partition coefficient (Wildman–Crippen LogP) is 3.08. The van der Waals surface area contributed by atoms with E-state index in [0.29, 0.717) is 11.4 Å². The number of carbonyl (C=O) groups excluding carboxylic acids is 3. The average Bonchev–Trinajstić information content (AvgIpc) is 3.00. The first-order valence-electron chi connectivity index (χ1n) is 8.97. The molecule has 0 radical (unpaired) electrons. The lowest BCUT2D eigenvalue weighted by molar-refractivity contribution is -0.138. The van der Waals surface area contributed by atoms with Gasteiger partial charge in [-0.1, -0.05) is 0 Å². The lowest BCUT2D eigenvalue weighted by Crippen LogP contribution is -2.47. The van der Waals surface area contributed by atoms with Gasteiger partial charge in [-0.2, -0.15) is 0 Å². The highest BCUT2D eigenvalue weighted by molar-refractivity contribution is 8.18. The third-order valence-electron chi connectivity index (χ3n) is 5.39. The van der Waals surface area contributed by atoms with Gasteiger partial charge in [0, 0.05) is 31.0 Å². The number of carbonyl (C=O) groups is 3. The summed E-state index contributed by atoms with van der Waals surface area (Å²) in [6.45, 7) is 6.53. The Hall–Kier alpha value is -2.02. The van der Waals surface area contributed by atoms with Gasteiger partial charge in [0.2, 0.25) is 5.91 Å². The number of piperidine rings is 1. The molecule has 0 spiro atoms. The largest absolute Gasteiger partial charge is 0.352 e. The number of aryl methyl sites for hydroxylation is 1. The van der Waals surface area contributed by atoms with Gasteiger partial charge in [-0.3, -0.25) is 19.3 Å². The van der Waals surface area contributed by atoms with Crippen molar-refractivity contribution in [2.75, 3.05) is 13.1 Å². The van der Waals surface area contributed by atoms with Crippen LogP contribution < -0.4 is 0 Å². The minimum atomic E-state index is -0.376. The van der Waals surface area contributed by atoms with Crippen LogP contribution in [0.2, 0.25) is 0 Å². The number of likely N-dealkylation sites (tertiary alicyclic amines) is 1. The average molecular weight is 375 g/mol. The molecule has 7 heteroatoms. The molecule has 0 bridgehead atoms. The van der Waals surface area contributed by atoms with Crippen molar-refractivity contribution in [3.63, 3.8) is 0 Å². The molecule has 2 aliphatic heterocycles. The Bertz CT molecular complexity index is 796. The van der Waals surface area contributed by atoms with Crippen LogP contribution in [0.3, 0.4) is 0 Å². The van der Waals surface area contributed by atoms with E-state index >= 15 is 0 Å². The van der Waals surface area contributed by atoms with Crippen LogP contribution >= 0.6 is 11.8 Å². The van der Waals surface area contributed by atoms with Crippen LogP contribution in [0.1, 0.15) is 43.1 Å². The molecule has 0 saturated carbocycles. The lowest BCUT2D eigenvalue weighted by Gasteiger charge is -2.34. The Morgan fingerprint density at radius 1 is 1.31 bits per heavy atom. The maximum absolute atomic E-state index is 12.7. The maximum atomic E-state index is 12.7. The van der Waals surface area contributed by atoms with E-state index in [0.717, 1.165) is 52.9 Å². The van der Waals surface area contributed by atoms with Gasteiger partial charge < -0.3 is 9.47 Å². The third-order valence-corrected chi connectivity index (χ3v) is 6.30. The topological polar surface area (TPSA) is 62.6 Å². The number of rotatable bonds is 3. The van der Waals surface area contributed by atoms with Crippen molar-refractivity contribution >= 4 is 34.9 Å². The van der Waals surface area contributed by atoms with Gasteiger partial charge in [0.1, 0.15) is 6.54 Å². The van der Waals surface area contributed by atoms with E-state index in [1.54, 1.807) is 11.0 Å². The Balaban J connectivity index is 1.75. The molecule has 26 heavy (non-hydrogen) atoms. The van der Waals surface area contributed by atoms with Crippen molar-refractivity contribution < 1.29 is 14.4 Å². The lowest BCUT2D eigenvalue weighted by atomic mass is 10.0. The highest BCUT2D eigenvalue weighted by Crippen LogP contribution is 2.33. The molecule has 0 unspecified atom stereocenters. The zero-order chi connectivity index (χ0) is 19.0. The number of nitrogens with zero attached hydrogens (tertiary/aromatic N) is 3. The minimum absolute atomic E-state index is 0.146. The van der Waals surface area contributed by atoms with Gasteiger partial charge in [-0.25, -0.2) is 0 Å². The molecule has 3 heterocycles. The molecule has 0 aliphatic carbocycles. The number of aromatic nitrogens is 1. The second kappa shape index (κ2) is 7.31. The Morgan fingerprint density at radius 2 is 2.04 bits per heavy atom. The molecule has 3 rings (SSSR count). The summed E-state index contributed by atoms with van der Waals surface area (Å²) in [6.07, 6.45) is 4.82. The zero-order valence-corrected chi connectivity index (χ0v) is 16.6. The Labute approximate surface area is 158 Å². The second-order valence-electron chi connectivity index (χ2n) is 7.09. The molecule has 2 aliphatic rings. The normalized spacial score (nSPS) is 22.6. The molecule has 0 N–H and O–H groups in total. The second-order valence-corrected chi connectivity index (χ2v) is 8.08. The summed E-state index contributed by atoms with van der Waals surface area (Å²) in [4.78, 5) is 40.8. The fraction of sp³-hybridized carbons (Fsp3) is 0.526. The van der Waals surface area contributed by atoms with Crippen LogP contribution in [0.5, 0.6) is 0 Å². The number of hydrogen-bond acceptors (Lipinski definition) is 4. The van der Waals surface area contributed by atoms with E-state index in [4.69, 9.17) is 0 Å². The van der Waals surface area contributed by atoms with E-state index < -0.39 is 0 Å². The highest BCUT2D eigenvalue weighted by Gasteiger charge is 2.38. The van der Waals surface area contributed by atoms with E-state index in [1.807, 2.05) is 38.5 Å². The first kappa shape index (κ1) is 18.8. The molecule has 3 amide bonds. The maximum Gasteiger partial charge on any atom is 0.294 e. The molecule has 140 valence electrons. The molecule has 0 aromatic carbocycles. The summed E-state index contributed by atoms with van der Waals surface area (Å²) >= 11 is 0.908. The van der Waals surface area contributed by atoms with Crippen LogP contribution in [-0.2, 0) is 16.6 Å². The van der Waals surface area contributed by atoms with Crippen molar-refractivity contribution in [2.24, 2.45) is 7.05 Å². The van der Waals surface area contributed by atoms with Crippen molar-refractivity contribution in [1.82, 2.24) is 14.4 Å². The number of imide groups is 1. The van der Waals surface area contributed by atoms with Crippen molar-refractivity contribution in [3.8, 4) is 0 Å². The number of amides is 3. The minimum Gasteiger partial charge on any atom is -0.352 e. The molecule has 2 fully saturated rings. The summed E-state index contributed by atoms with van der Waals surface area (Å²) in [6, 6.07) is 2.16. The van der Waals surface area contributed by atoms with Gasteiger partial charge >= 0.3 is 0 Å². The summed E-state index contributed by atoms with van der Waals surface area (Å²) in [5, 5.41) is -0.371. The predicted molar refractivity (Wildman–Crippen MR) is 103 cm³/mol. The first-order chi connectivity index (χ1) is 12.3. The van der Waals surface area contributed by atoms with E-state index in [1.165, 1.54) is 0 Å². The molecule has 1 aromatic heterocycles. The smallest absolute Gasteiger partial charge is 0.294 e. The molecular weight excluding hydrogens is 350 g/mol. The van der Waals surface area contributed by atoms with Crippen molar-refractivity contribution in [2.45, 2.75) is 46.1 Å². The van der Waals surface area contributed by atoms with E-state index in [2.05, 4.69) is 0 Å². The van der Waals surface area contributed by atoms with Gasteiger partial charge in [-0.15, -0.1) is 0 Å². The molecule has 2 saturated heterocycles. The van der Waals surface area contributed by atoms with E-state index in [9.17, 15) is 14.4 Å². The summed E-state index contributed by atoms with van der Waals surface area (Å²) in [5.41, 5.74) is 3.04. The standard InChI is InChI=1S/C19H25N3O3S/c1-12-7-5-6-8-21(12)17(23)11-22-18(24)16(26-19(22)25)10-15-9-13(2)20(4)14(15)3/h9-10,12H,5-8,11H2,1-4H3/b16-10-/t12-/m0/s1. The fourth-order valence-electron chi connectivity index (χ4n) is 3.50. The van der Waals surface area contributed by atoms with Gasteiger partial charge in [-0.05, 0) is 69.5 Å². The quantitative estimate of drug-likeness (QED) is 0.762. The van der Waals surface area contributed by atoms with Gasteiger partial charge in [0.05, 0.1) is 4.91 Å². The van der Waals surface area contributed by atoms with Crippen LogP contribution in [0, 0.1) is 13.8 Å². The van der Waals surface area contributed by atoms with Crippen LogP contribution in [-0.4, -0.2) is 50.6 Å². The summed E-state index contributed by atoms with van der Waals surface area (Å²) in [5.74, 6) is -0.522. The molecule has 1 atom stereocenters. The summed E-state index contributed by atoms with van der Waals surface area (Å²) < 4.78 is 2.04. The Kier molecular flexibility index (Phi) is 5.27. The summed E-state index contributed by atoms with van der Waals surface area (Å²) in [7, 11) is 1.96. The Morgan fingerprint density at radius 3 is 2.65 bits per heavy atom. The monoisotopic (exact) mass is 375 g/mol. The van der Waals surface area contributed by atoms with Crippen molar-refractivity contribution in [3.05, 3.63) is 27.9 Å². The van der Waals surface area contributed by atoms with Crippen LogP contribution in [0.25, 0.3) is 6.08 Å². The van der Waals surface area contributed by atoms with Crippen molar-refractivity contribution in [1.29, 1.82) is 0 Å². The van der Waals surface area contributed by atoms with Gasteiger partial charge in [0.25, 0.3) is 11.1 Å². The van der Waals surface area contributed by atoms with Gasteiger partial charge in [0.15, 0.2) is 0 Å². The van der Waals surface area contributed by atoms with Crippen LogP contribution in [0.4, 0.5) is 4.79 Å². The SMILES string of the molecule is Cc1cc(/C=C2\SC(=O)N(CC(=O)N3CCCC[C@@H]3C)C2=O)c(C)n1C. The number of hydrogen-bond donors (Lipinski definition) is 0.